The van der Waals surface area contributed by atoms with Crippen LogP contribution in [0.1, 0.15) is 10.4 Å². The maximum absolute atomic E-state index is 5.90. The number of hydrogen-bond donors (Lipinski definition) is 1. The number of halogens is 2. The summed E-state index contributed by atoms with van der Waals surface area (Å²) in [5, 5.41) is 3.43. The smallest absolute Gasteiger partial charge is 0.119 e. The Bertz CT molecular complexity index is 544. The topological polar surface area (TPSA) is 21.3 Å². The highest BCUT2D eigenvalue weighted by Gasteiger charge is 2.02. The van der Waals surface area contributed by atoms with Crippen molar-refractivity contribution in [1.82, 2.24) is 5.32 Å². The summed E-state index contributed by atoms with van der Waals surface area (Å²) in [6, 6.07) is 10.0. The van der Waals surface area contributed by atoms with Gasteiger partial charge in [-0.1, -0.05) is 27.5 Å². The van der Waals surface area contributed by atoms with Gasteiger partial charge in [-0.15, -0.1) is 11.3 Å². The van der Waals surface area contributed by atoms with Crippen LogP contribution < -0.4 is 10.1 Å². The highest BCUT2D eigenvalue weighted by molar-refractivity contribution is 9.10. The molecule has 0 aliphatic heterocycles. The first-order valence-corrected chi connectivity index (χ1v) is 7.95. The Labute approximate surface area is 130 Å². The molecule has 0 radical (unpaired) electrons. The first kappa shape index (κ1) is 14.9. The summed E-state index contributed by atoms with van der Waals surface area (Å²) in [4.78, 5) is 1.31. The molecule has 0 aliphatic carbocycles. The van der Waals surface area contributed by atoms with E-state index in [0.29, 0.717) is 0 Å². The lowest BCUT2D eigenvalue weighted by Gasteiger charge is -2.08. The van der Waals surface area contributed by atoms with Crippen LogP contribution in [0.3, 0.4) is 0 Å². The predicted octanol–water partition coefficient (Wildman–Crippen LogP) is 4.50. The monoisotopic (exact) mass is 359 g/mol. The van der Waals surface area contributed by atoms with Crippen molar-refractivity contribution in [3.05, 3.63) is 49.6 Å². The summed E-state index contributed by atoms with van der Waals surface area (Å²) < 4.78 is 7.18. The lowest BCUT2D eigenvalue weighted by Crippen LogP contribution is -2.16. The molecule has 2 rings (SSSR count). The van der Waals surface area contributed by atoms with Crippen LogP contribution in [0.5, 0.6) is 5.75 Å². The van der Waals surface area contributed by atoms with E-state index in [1.54, 1.807) is 18.4 Å². The molecule has 0 saturated carbocycles. The lowest BCUT2D eigenvalue weighted by molar-refractivity contribution is 0.414. The largest absolute Gasteiger partial charge is 0.497 e. The molecule has 2 nitrogen and oxygen atoms in total. The first-order valence-electron chi connectivity index (χ1n) is 5.96. The van der Waals surface area contributed by atoms with E-state index in [1.165, 1.54) is 10.4 Å². The minimum absolute atomic E-state index is 0.816. The van der Waals surface area contributed by atoms with Gasteiger partial charge in [-0.3, -0.25) is 0 Å². The summed E-state index contributed by atoms with van der Waals surface area (Å²) in [7, 11) is 1.68. The van der Waals surface area contributed by atoms with Crippen molar-refractivity contribution >= 4 is 38.9 Å². The second-order valence-corrected chi connectivity index (χ2v) is 6.74. The van der Waals surface area contributed by atoms with Crippen molar-refractivity contribution in [2.24, 2.45) is 0 Å². The van der Waals surface area contributed by atoms with Gasteiger partial charge in [-0.2, -0.15) is 0 Å². The molecular weight excluding hydrogens is 346 g/mol. The summed E-state index contributed by atoms with van der Waals surface area (Å²) in [6.45, 7) is 1.75. The molecule has 0 amide bonds. The molecule has 0 atom stereocenters. The maximum atomic E-state index is 5.90. The first-order chi connectivity index (χ1) is 9.19. The highest BCUT2D eigenvalue weighted by atomic mass is 79.9. The van der Waals surface area contributed by atoms with Gasteiger partial charge in [-0.05, 0) is 42.3 Å². The molecule has 1 aromatic carbocycles. The van der Waals surface area contributed by atoms with Crippen LogP contribution in [-0.4, -0.2) is 13.7 Å². The molecule has 5 heteroatoms. The third-order valence-electron chi connectivity index (χ3n) is 2.75. The average Bonchev–Trinajstić information content (AvgIpc) is 2.82. The zero-order valence-electron chi connectivity index (χ0n) is 10.6. The van der Waals surface area contributed by atoms with Crippen LogP contribution in [0.4, 0.5) is 0 Å². The standard InChI is InChI=1S/C14H15BrClNOS/c1-18-11-2-4-13(15)10(8-11)9-17-7-6-12-3-5-14(16)19-12/h2-5,8,17H,6-7,9H2,1H3. The maximum Gasteiger partial charge on any atom is 0.119 e. The number of methoxy groups -OCH3 is 1. The van der Waals surface area contributed by atoms with Crippen molar-refractivity contribution in [2.45, 2.75) is 13.0 Å². The Morgan fingerprint density at radius 2 is 2.16 bits per heavy atom. The van der Waals surface area contributed by atoms with Gasteiger partial charge < -0.3 is 10.1 Å². The summed E-state index contributed by atoms with van der Waals surface area (Å²) in [6.07, 6.45) is 0.999. The summed E-state index contributed by atoms with van der Waals surface area (Å²) in [5.74, 6) is 0.880. The van der Waals surface area contributed by atoms with Gasteiger partial charge in [0.1, 0.15) is 5.75 Å². The lowest BCUT2D eigenvalue weighted by atomic mass is 10.2. The third kappa shape index (κ3) is 4.49. The van der Waals surface area contributed by atoms with Gasteiger partial charge in [0.05, 0.1) is 11.4 Å². The molecule has 2 aromatic rings. The minimum atomic E-state index is 0.816. The number of ether oxygens (including phenoxy) is 1. The molecule has 102 valence electrons. The van der Waals surface area contributed by atoms with Gasteiger partial charge >= 0.3 is 0 Å². The fourth-order valence-corrected chi connectivity index (χ4v) is 3.21. The summed E-state index contributed by atoms with van der Waals surface area (Å²) >= 11 is 11.1. The van der Waals surface area contributed by atoms with Crippen LogP contribution in [0, 0.1) is 0 Å². The number of thiophene rings is 1. The van der Waals surface area contributed by atoms with E-state index in [1.807, 2.05) is 24.3 Å². The van der Waals surface area contributed by atoms with Crippen LogP contribution in [0.15, 0.2) is 34.8 Å². The molecule has 1 aromatic heterocycles. The zero-order chi connectivity index (χ0) is 13.7. The van der Waals surface area contributed by atoms with E-state index in [2.05, 4.69) is 27.3 Å². The molecule has 0 fully saturated rings. The number of hydrogen-bond acceptors (Lipinski definition) is 3. The van der Waals surface area contributed by atoms with Gasteiger partial charge in [0.15, 0.2) is 0 Å². The van der Waals surface area contributed by atoms with Crippen molar-refractivity contribution in [3.8, 4) is 5.75 Å². The van der Waals surface area contributed by atoms with Gasteiger partial charge in [0.2, 0.25) is 0 Å². The van der Waals surface area contributed by atoms with Gasteiger partial charge in [0, 0.05) is 22.4 Å². The van der Waals surface area contributed by atoms with Crippen LogP contribution in [-0.2, 0) is 13.0 Å². The van der Waals surface area contributed by atoms with Crippen LogP contribution in [0.25, 0.3) is 0 Å². The van der Waals surface area contributed by atoms with E-state index in [4.69, 9.17) is 16.3 Å². The Kier molecular flexibility index (Phi) is 5.70. The number of nitrogens with one attached hydrogen (secondary N) is 1. The molecule has 19 heavy (non-hydrogen) atoms. The Morgan fingerprint density at radius 1 is 1.32 bits per heavy atom. The number of benzene rings is 1. The highest BCUT2D eigenvalue weighted by Crippen LogP contribution is 2.23. The van der Waals surface area contributed by atoms with Crippen molar-refractivity contribution in [2.75, 3.05) is 13.7 Å². The van der Waals surface area contributed by atoms with E-state index >= 15 is 0 Å². The quantitative estimate of drug-likeness (QED) is 0.766. The summed E-state index contributed by atoms with van der Waals surface area (Å²) in [5.41, 5.74) is 1.20. The average molecular weight is 361 g/mol. The Balaban J connectivity index is 1.82. The molecule has 0 saturated heterocycles. The molecule has 1 heterocycles. The fraction of sp³-hybridized carbons (Fsp3) is 0.286. The predicted molar refractivity (Wildman–Crippen MR) is 85.4 cm³/mol. The molecule has 0 spiro atoms. The van der Waals surface area contributed by atoms with Gasteiger partial charge in [-0.25, -0.2) is 0 Å². The Hall–Kier alpha value is -0.550. The minimum Gasteiger partial charge on any atom is -0.497 e. The van der Waals surface area contributed by atoms with Crippen molar-refractivity contribution in [1.29, 1.82) is 0 Å². The molecule has 0 aliphatic rings. The molecule has 0 bridgehead atoms. The van der Waals surface area contributed by atoms with Gasteiger partial charge in [0.25, 0.3) is 0 Å². The third-order valence-corrected chi connectivity index (χ3v) is 4.81. The normalized spacial score (nSPS) is 10.7. The molecule has 1 N–H and O–H groups in total. The second-order valence-electron chi connectivity index (χ2n) is 4.09. The Morgan fingerprint density at radius 3 is 2.84 bits per heavy atom. The molecular formula is C14H15BrClNOS. The fourth-order valence-electron chi connectivity index (χ4n) is 1.73. The van der Waals surface area contributed by atoms with Crippen molar-refractivity contribution in [3.63, 3.8) is 0 Å². The molecule has 0 unspecified atom stereocenters. The van der Waals surface area contributed by atoms with E-state index in [-0.39, 0.29) is 0 Å². The van der Waals surface area contributed by atoms with E-state index in [9.17, 15) is 0 Å². The van der Waals surface area contributed by atoms with E-state index in [0.717, 1.165) is 34.1 Å². The zero-order valence-corrected chi connectivity index (χ0v) is 13.7. The van der Waals surface area contributed by atoms with Crippen molar-refractivity contribution < 1.29 is 4.74 Å². The van der Waals surface area contributed by atoms with Crippen LogP contribution in [0.2, 0.25) is 4.34 Å². The SMILES string of the molecule is COc1ccc(Br)c(CNCCc2ccc(Cl)s2)c1. The van der Waals surface area contributed by atoms with Crippen LogP contribution >= 0.6 is 38.9 Å². The second kappa shape index (κ2) is 7.29. The van der Waals surface area contributed by atoms with E-state index < -0.39 is 0 Å². The number of rotatable bonds is 6.